The number of hydrogen-bond acceptors (Lipinski definition) is 7. The summed E-state index contributed by atoms with van der Waals surface area (Å²) >= 11 is 0. The Balaban J connectivity index is 1.65. The zero-order valence-electron chi connectivity index (χ0n) is 19.3. The van der Waals surface area contributed by atoms with E-state index in [2.05, 4.69) is 5.32 Å². The number of nitrogens with zero attached hydrogens (tertiary/aromatic N) is 1. The van der Waals surface area contributed by atoms with Crippen molar-refractivity contribution in [3.05, 3.63) is 77.9 Å². The van der Waals surface area contributed by atoms with Crippen LogP contribution < -0.4 is 19.1 Å². The van der Waals surface area contributed by atoms with Crippen LogP contribution in [0.2, 0.25) is 0 Å². The predicted octanol–water partition coefficient (Wildman–Crippen LogP) is 3.39. The first kappa shape index (κ1) is 24.1. The van der Waals surface area contributed by atoms with Crippen molar-refractivity contribution in [2.45, 2.75) is 17.9 Å². The van der Waals surface area contributed by atoms with E-state index in [1.165, 1.54) is 26.4 Å². The molecule has 182 valence electrons. The minimum Gasteiger partial charge on any atom is -0.497 e. The number of ether oxygens (including phenoxy) is 3. The van der Waals surface area contributed by atoms with Gasteiger partial charge in [-0.1, -0.05) is 18.2 Å². The van der Waals surface area contributed by atoms with Gasteiger partial charge in [-0.2, -0.15) is 0 Å². The number of hydrogen-bond donors (Lipinski definition) is 1. The van der Waals surface area contributed by atoms with Gasteiger partial charge in [-0.25, -0.2) is 13.2 Å². The molecular weight excluding hydrogens is 472 g/mol. The molecule has 0 saturated carbocycles. The van der Waals surface area contributed by atoms with Gasteiger partial charge in [0.25, 0.3) is 15.9 Å². The number of sulfonamides is 1. The first-order valence-corrected chi connectivity index (χ1v) is 12.1. The van der Waals surface area contributed by atoms with Crippen molar-refractivity contribution in [2.24, 2.45) is 0 Å². The molecule has 9 nitrogen and oxygen atoms in total. The maximum Gasteiger partial charge on any atom is 0.338 e. The third-order valence-corrected chi connectivity index (χ3v) is 7.47. The molecule has 0 aromatic heterocycles. The van der Waals surface area contributed by atoms with Gasteiger partial charge in [0.05, 0.1) is 36.9 Å². The molecular formula is C25H24N2O7S. The molecule has 0 bridgehead atoms. The van der Waals surface area contributed by atoms with E-state index >= 15 is 0 Å². The maximum absolute atomic E-state index is 13.5. The van der Waals surface area contributed by atoms with Crippen molar-refractivity contribution >= 4 is 33.3 Å². The van der Waals surface area contributed by atoms with Crippen molar-refractivity contribution in [3.8, 4) is 11.5 Å². The summed E-state index contributed by atoms with van der Waals surface area (Å²) in [5.41, 5.74) is 1.55. The molecule has 0 aliphatic carbocycles. The Morgan fingerprint density at radius 3 is 2.40 bits per heavy atom. The van der Waals surface area contributed by atoms with E-state index < -0.39 is 28.0 Å². The predicted molar refractivity (Wildman–Crippen MR) is 130 cm³/mol. The molecule has 0 saturated heterocycles. The summed E-state index contributed by atoms with van der Waals surface area (Å²) in [5, 5.41) is 2.75. The third-order valence-electron chi connectivity index (χ3n) is 5.67. The lowest BCUT2D eigenvalue weighted by molar-refractivity contribution is -0.122. The summed E-state index contributed by atoms with van der Waals surface area (Å²) in [4.78, 5) is 25.2. The van der Waals surface area contributed by atoms with Crippen molar-refractivity contribution in [2.75, 3.05) is 30.4 Å². The molecule has 0 radical (unpaired) electrons. The fraction of sp³-hybridized carbons (Fsp3) is 0.200. The van der Waals surface area contributed by atoms with Crippen LogP contribution in [-0.2, 0) is 19.6 Å². The van der Waals surface area contributed by atoms with Crippen LogP contribution in [0.1, 0.15) is 15.9 Å². The summed E-state index contributed by atoms with van der Waals surface area (Å²) < 4.78 is 44.0. The van der Waals surface area contributed by atoms with Gasteiger partial charge in [0.2, 0.25) is 0 Å². The highest BCUT2D eigenvalue weighted by Gasteiger charge is 2.37. The second kappa shape index (κ2) is 9.67. The SMILES string of the molecule is COC(=O)c1cccc(NC(=O)C2CN(S(=O)(=O)c3ccc(OC)cc3)c3ccccc3O2)c1C. The van der Waals surface area contributed by atoms with Crippen LogP contribution in [0.4, 0.5) is 11.4 Å². The molecule has 1 N–H and O–H groups in total. The number of amides is 1. The molecule has 1 aliphatic heterocycles. The lowest BCUT2D eigenvalue weighted by Gasteiger charge is -2.34. The zero-order valence-corrected chi connectivity index (χ0v) is 20.2. The van der Waals surface area contributed by atoms with Gasteiger partial charge in [-0.3, -0.25) is 9.10 Å². The molecule has 1 amide bonds. The van der Waals surface area contributed by atoms with E-state index in [1.54, 1.807) is 61.5 Å². The summed E-state index contributed by atoms with van der Waals surface area (Å²) in [5.74, 6) is -0.304. The zero-order chi connectivity index (χ0) is 25.2. The molecule has 1 atom stereocenters. The summed E-state index contributed by atoms with van der Waals surface area (Å²) in [6, 6.07) is 17.5. The van der Waals surface area contributed by atoms with E-state index in [-0.39, 0.29) is 17.2 Å². The largest absolute Gasteiger partial charge is 0.497 e. The smallest absolute Gasteiger partial charge is 0.338 e. The lowest BCUT2D eigenvalue weighted by Crippen LogP contribution is -2.48. The minimum absolute atomic E-state index is 0.0517. The minimum atomic E-state index is -4.01. The monoisotopic (exact) mass is 496 g/mol. The molecule has 0 fully saturated rings. The Morgan fingerprint density at radius 2 is 1.71 bits per heavy atom. The molecule has 1 unspecified atom stereocenters. The van der Waals surface area contributed by atoms with Crippen LogP contribution in [0.15, 0.2) is 71.6 Å². The highest BCUT2D eigenvalue weighted by atomic mass is 32.2. The Labute approximate surface area is 203 Å². The fourth-order valence-corrected chi connectivity index (χ4v) is 5.23. The number of anilines is 2. The highest BCUT2D eigenvalue weighted by Crippen LogP contribution is 2.37. The average Bonchev–Trinajstić information content (AvgIpc) is 2.88. The number of nitrogens with one attached hydrogen (secondary N) is 1. The number of carbonyl (C=O) groups excluding carboxylic acids is 2. The number of esters is 1. The number of para-hydroxylation sites is 2. The summed E-state index contributed by atoms with van der Waals surface area (Å²) in [7, 11) is -1.24. The summed E-state index contributed by atoms with van der Waals surface area (Å²) in [6.45, 7) is 1.44. The van der Waals surface area contributed by atoms with E-state index in [9.17, 15) is 18.0 Å². The number of benzene rings is 3. The van der Waals surface area contributed by atoms with Crippen molar-refractivity contribution in [3.63, 3.8) is 0 Å². The average molecular weight is 497 g/mol. The molecule has 3 aromatic rings. The first-order chi connectivity index (χ1) is 16.8. The molecule has 4 rings (SSSR count). The number of fused-ring (bicyclic) bond motifs is 1. The van der Waals surface area contributed by atoms with Crippen LogP contribution in [0, 0.1) is 6.92 Å². The van der Waals surface area contributed by atoms with Crippen molar-refractivity contribution < 1.29 is 32.2 Å². The van der Waals surface area contributed by atoms with Gasteiger partial charge < -0.3 is 19.5 Å². The maximum atomic E-state index is 13.5. The topological polar surface area (TPSA) is 111 Å². The molecule has 0 spiro atoms. The Kier molecular flexibility index (Phi) is 6.65. The molecule has 35 heavy (non-hydrogen) atoms. The van der Waals surface area contributed by atoms with Crippen LogP contribution in [0.3, 0.4) is 0 Å². The van der Waals surface area contributed by atoms with Crippen LogP contribution in [0.5, 0.6) is 11.5 Å². The van der Waals surface area contributed by atoms with Crippen molar-refractivity contribution in [1.82, 2.24) is 0 Å². The van der Waals surface area contributed by atoms with Crippen LogP contribution in [-0.4, -0.2) is 47.2 Å². The van der Waals surface area contributed by atoms with Gasteiger partial charge in [0.15, 0.2) is 6.10 Å². The van der Waals surface area contributed by atoms with E-state index in [0.29, 0.717) is 28.3 Å². The standard InChI is InChI=1S/C25H24N2O7S/c1-16-19(25(29)33-3)7-6-8-20(16)26-24(28)23-15-27(21-9-4-5-10-22(21)34-23)35(30,31)18-13-11-17(32-2)12-14-18/h4-14,23H,15H2,1-3H3,(H,26,28). The normalized spacial score (nSPS) is 14.9. The first-order valence-electron chi connectivity index (χ1n) is 10.7. The number of rotatable bonds is 6. The van der Waals surface area contributed by atoms with E-state index in [4.69, 9.17) is 14.2 Å². The molecule has 3 aromatic carbocycles. The van der Waals surface area contributed by atoms with Gasteiger partial charge >= 0.3 is 5.97 Å². The molecule has 10 heteroatoms. The highest BCUT2D eigenvalue weighted by molar-refractivity contribution is 7.92. The molecule has 1 heterocycles. The summed E-state index contributed by atoms with van der Waals surface area (Å²) in [6.07, 6.45) is -1.14. The van der Waals surface area contributed by atoms with E-state index in [0.717, 1.165) is 4.31 Å². The number of carbonyl (C=O) groups is 2. The van der Waals surface area contributed by atoms with Crippen molar-refractivity contribution in [1.29, 1.82) is 0 Å². The quantitative estimate of drug-likeness (QED) is 0.521. The molecule has 1 aliphatic rings. The van der Waals surface area contributed by atoms with Gasteiger partial charge in [-0.15, -0.1) is 0 Å². The Hall–Kier alpha value is -4.05. The Morgan fingerprint density at radius 1 is 1.00 bits per heavy atom. The second-order valence-corrected chi connectivity index (χ2v) is 9.61. The van der Waals surface area contributed by atoms with E-state index in [1.807, 2.05) is 0 Å². The fourth-order valence-electron chi connectivity index (χ4n) is 3.76. The second-order valence-electron chi connectivity index (χ2n) is 7.74. The van der Waals surface area contributed by atoms with Gasteiger partial charge in [0.1, 0.15) is 11.5 Å². The van der Waals surface area contributed by atoms with Crippen LogP contribution >= 0.6 is 0 Å². The third kappa shape index (κ3) is 4.65. The number of methoxy groups -OCH3 is 2. The Bertz CT molecular complexity index is 1370. The van der Waals surface area contributed by atoms with Gasteiger partial charge in [0, 0.05) is 5.69 Å². The van der Waals surface area contributed by atoms with Gasteiger partial charge in [-0.05, 0) is 61.0 Å². The van der Waals surface area contributed by atoms with Crippen LogP contribution in [0.25, 0.3) is 0 Å². The lowest BCUT2D eigenvalue weighted by atomic mass is 10.1.